The lowest BCUT2D eigenvalue weighted by Crippen LogP contribution is -2.38. The zero-order chi connectivity index (χ0) is 110. The lowest BCUT2D eigenvalue weighted by Gasteiger charge is -2.21. The molecule has 0 aliphatic heterocycles. The predicted molar refractivity (Wildman–Crippen MR) is 577 cm³/mol. The van der Waals surface area contributed by atoms with Crippen molar-refractivity contribution in [1.82, 2.24) is 21.3 Å². The highest BCUT2D eigenvalue weighted by atomic mass is 31.2. The average molecular weight is 2190 g/mol. The molecule has 12 unspecified atom stereocenters. The molecule has 0 aromatic heterocycles. The highest BCUT2D eigenvalue weighted by molar-refractivity contribution is 7.49. The van der Waals surface area contributed by atoms with Gasteiger partial charge in [0.1, 0.15) is 24.4 Å². The molecule has 0 aliphatic rings. The van der Waals surface area contributed by atoms with Crippen molar-refractivity contribution in [2.24, 2.45) is 21.7 Å². The molecule has 0 spiro atoms. The number of carbonyl (C=O) groups excluding carboxylic acids is 6. The van der Waals surface area contributed by atoms with E-state index in [1.165, 1.54) is 178 Å². The van der Waals surface area contributed by atoms with Crippen molar-refractivity contribution in [1.29, 1.82) is 0 Å². The van der Waals surface area contributed by atoms with Crippen molar-refractivity contribution in [3.8, 4) is 0 Å². The maximum Gasteiger partial charge on any atom is 0.475 e. The molecule has 0 saturated heterocycles. The van der Waals surface area contributed by atoms with Crippen LogP contribution >= 0.6 is 31.3 Å². The summed E-state index contributed by atoms with van der Waals surface area (Å²) in [4.78, 5) is 80.2. The van der Waals surface area contributed by atoms with Crippen LogP contribution in [0.4, 0.5) is 9.59 Å². The maximum atomic E-state index is 13.4. The first-order valence-electron chi connectivity index (χ1n) is 54.9. The molecular formula is C102H196N12O30P4. The van der Waals surface area contributed by atoms with Crippen LogP contribution in [0, 0.1) is 0 Å². The molecule has 0 aliphatic carbocycles. The molecule has 12 atom stereocenters. The number of rotatable bonds is 110. The number of nitrogens with one attached hydrogen (secondary N) is 4. The average Bonchev–Trinajstić information content (AvgIpc) is 0.916. The summed E-state index contributed by atoms with van der Waals surface area (Å²) in [5.41, 5.74) is 30.6. The van der Waals surface area contributed by atoms with Crippen LogP contribution in [0.5, 0.6) is 0 Å². The Morgan fingerprint density at radius 2 is 0.486 bits per heavy atom. The number of nitrogens with two attached hydrogens (primary N) is 2. The second-order valence-corrected chi connectivity index (χ2v) is 42.8. The van der Waals surface area contributed by atoms with Gasteiger partial charge in [0, 0.05) is 87.4 Å². The highest BCUT2D eigenvalue weighted by Gasteiger charge is 2.33. The second-order valence-electron chi connectivity index (χ2n) is 36.1. The molecule has 0 rings (SSSR count). The standard InChI is InChI=1S/C51H96N8O15P2.C51H100N4O15P2/c1-7-13-15-17-19-21-23-25-27-29-49(60)73-47(11-5)31-37-65-41-45(56-58-52)43-71-75(63,67-35-9-3)69-39-33-54-51(62)55-34-40-70-76(64,68-36-10-4)72-44-46(57-59-53)42-66-38-32-48(12-6)74-50(61)30-28-26-24-22-20-18-16-14-8-2;1-7-13-15-17-19-21-23-25-27-29-49(56)69-47(11-5)31-37-61-41-45(52)43-67-71(59,63-35-9-3)65-39-33-54-51(58)55-34-40-66-72(60,64-36-10-4)68-44-46(53)42-62-38-32-48(12-6)70-50(57)30-28-26-24-22-20-18-16-14-8-2/h9-10,45-48H,3-4,7-8,11-44H2,1-2,5-6H3,(H2,54,55,62);9-10,45-48H,3-4,7-8,11-44,52-53H2,1-2,5-6H3,(H2,54,55,58). The van der Waals surface area contributed by atoms with Crippen LogP contribution < -0.4 is 32.7 Å². The van der Waals surface area contributed by atoms with Gasteiger partial charge in [-0.3, -0.25) is 73.5 Å². The smallest absolute Gasteiger partial charge is 0.462 e. The third kappa shape index (κ3) is 91.6. The van der Waals surface area contributed by atoms with Gasteiger partial charge in [0.2, 0.25) is 0 Å². The fourth-order valence-corrected chi connectivity index (χ4v) is 18.9. The Bertz CT molecular complexity index is 3390. The Morgan fingerprint density at radius 1 is 0.284 bits per heavy atom. The zero-order valence-corrected chi connectivity index (χ0v) is 95.1. The van der Waals surface area contributed by atoms with Crippen LogP contribution in [0.15, 0.2) is 60.8 Å². The Kier molecular flexibility index (Phi) is 100. The maximum absolute atomic E-state index is 13.4. The van der Waals surface area contributed by atoms with Gasteiger partial charge in [-0.1, -0.05) is 295 Å². The quantitative estimate of drug-likeness (QED) is 0.00481. The van der Waals surface area contributed by atoms with Crippen molar-refractivity contribution in [3.05, 3.63) is 71.5 Å². The molecule has 0 aromatic rings. The molecule has 0 radical (unpaired) electrons. The van der Waals surface area contributed by atoms with E-state index < -0.39 is 67.5 Å². The molecule has 8 N–H and O–H groups in total. The van der Waals surface area contributed by atoms with Gasteiger partial charge in [0.15, 0.2) is 0 Å². The SMILES string of the molecule is C=CCOP(=O)(OCCNC(=O)NCCOP(=O)(OCC=C)OCC(COCCC(CC)OC(=O)CCCCCCCCCCC)N=[N+]=[N-])OCC(COCCC(CC)OC(=O)CCCCCCCCCCC)N=[N+]=[N-].C=CCOP(=O)(OCCNC(=O)NCCOP(=O)(OCC=C)OCC(N)COCCC(CC)OC(=O)CCCCCCCCCCC)OCC(N)COCCC(CC)OC(=O)CCCCCCCCCCC. The molecule has 4 amide bonds. The van der Waals surface area contributed by atoms with Gasteiger partial charge in [-0.05, 0) is 62.4 Å². The van der Waals surface area contributed by atoms with Crippen LogP contribution in [-0.2, 0) is 130 Å². The van der Waals surface area contributed by atoms with Gasteiger partial charge < -0.3 is 70.6 Å². The van der Waals surface area contributed by atoms with E-state index in [0.717, 1.165) is 77.0 Å². The fraction of sp³-hybridized carbons (Fsp3) is 0.863. The number of hydrogen-bond donors (Lipinski definition) is 6. The summed E-state index contributed by atoms with van der Waals surface area (Å²) < 4.78 is 163. The number of unbranched alkanes of at least 4 members (excludes halogenated alkanes) is 32. The first-order chi connectivity index (χ1) is 71.6. The largest absolute Gasteiger partial charge is 0.475 e. The highest BCUT2D eigenvalue weighted by Crippen LogP contribution is 2.52. The molecular weight excluding hydrogens is 2000 g/mol. The summed E-state index contributed by atoms with van der Waals surface area (Å²) in [6.45, 7) is 28.4. The molecule has 0 heterocycles. The molecule has 0 fully saturated rings. The number of azide groups is 2. The Morgan fingerprint density at radius 3 is 0.689 bits per heavy atom. The summed E-state index contributed by atoms with van der Waals surface area (Å²) in [6.07, 6.45) is 52.3. The Hall–Kier alpha value is -5.80. The lowest BCUT2D eigenvalue weighted by molar-refractivity contribution is -0.151. The topological polar surface area (TPSA) is 553 Å². The van der Waals surface area contributed by atoms with E-state index in [2.05, 4.69) is 95.3 Å². The number of carbonyl (C=O) groups is 6. The molecule has 0 saturated carbocycles. The van der Waals surface area contributed by atoms with Crippen LogP contribution in [-0.4, -0.2) is 243 Å². The first kappa shape index (κ1) is 144. The number of amides is 4. The van der Waals surface area contributed by atoms with Gasteiger partial charge >= 0.3 is 67.2 Å². The Balaban J connectivity index is 0. The van der Waals surface area contributed by atoms with Crippen molar-refractivity contribution >= 4 is 67.2 Å². The number of nitrogens with zero attached hydrogens (tertiary/aromatic N) is 6. The number of esters is 4. The van der Waals surface area contributed by atoms with E-state index in [0.29, 0.717) is 90.3 Å². The Labute approximate surface area is 886 Å². The number of urea groups is 2. The molecule has 864 valence electrons. The van der Waals surface area contributed by atoms with Crippen LogP contribution in [0.2, 0.25) is 0 Å². The minimum atomic E-state index is -4.25. The lowest BCUT2D eigenvalue weighted by atomic mass is 10.1. The summed E-state index contributed by atoms with van der Waals surface area (Å²) >= 11 is 0. The predicted octanol–water partition coefficient (Wildman–Crippen LogP) is 24.6. The van der Waals surface area contributed by atoms with Crippen LogP contribution in [0.25, 0.3) is 20.9 Å². The molecule has 148 heavy (non-hydrogen) atoms. The number of phosphoric acid groups is 4. The van der Waals surface area contributed by atoms with Crippen molar-refractivity contribution < 1.29 is 139 Å². The van der Waals surface area contributed by atoms with Crippen molar-refractivity contribution in [3.63, 3.8) is 0 Å². The second kappa shape index (κ2) is 103. The van der Waals surface area contributed by atoms with Crippen LogP contribution in [0.1, 0.15) is 364 Å². The summed E-state index contributed by atoms with van der Waals surface area (Å²) in [6, 6.07) is -4.47. The van der Waals surface area contributed by atoms with Gasteiger partial charge in [0.05, 0.1) is 156 Å². The first-order valence-corrected chi connectivity index (χ1v) is 60.8. The van der Waals surface area contributed by atoms with E-state index in [1.807, 2.05) is 27.7 Å². The van der Waals surface area contributed by atoms with E-state index in [-0.39, 0.29) is 193 Å². The normalized spacial score (nSPS) is 14.6. The summed E-state index contributed by atoms with van der Waals surface area (Å²) in [5, 5.41) is 17.4. The van der Waals surface area contributed by atoms with Gasteiger partial charge in [0.25, 0.3) is 0 Å². The molecule has 0 bridgehead atoms. The van der Waals surface area contributed by atoms with E-state index in [9.17, 15) is 47.0 Å². The van der Waals surface area contributed by atoms with Crippen LogP contribution in [0.3, 0.4) is 0 Å². The number of hydrogen-bond acceptors (Lipinski definition) is 34. The van der Waals surface area contributed by atoms with E-state index in [1.54, 1.807) is 0 Å². The minimum Gasteiger partial charge on any atom is -0.462 e. The third-order valence-electron chi connectivity index (χ3n) is 22.7. The summed E-state index contributed by atoms with van der Waals surface area (Å²) in [5.74, 6) is -0.843. The third-order valence-corrected chi connectivity index (χ3v) is 28.4. The zero-order valence-electron chi connectivity index (χ0n) is 91.5. The van der Waals surface area contributed by atoms with E-state index in [4.69, 9.17) is 115 Å². The van der Waals surface area contributed by atoms with Gasteiger partial charge in [-0.25, -0.2) is 27.8 Å². The van der Waals surface area contributed by atoms with Gasteiger partial charge in [-0.2, -0.15) is 0 Å². The number of ether oxygens (including phenoxy) is 8. The molecule has 42 nitrogen and oxygen atoms in total. The van der Waals surface area contributed by atoms with Gasteiger partial charge in [-0.15, -0.1) is 26.3 Å². The van der Waals surface area contributed by atoms with E-state index >= 15 is 0 Å². The number of phosphoric ester groups is 4. The fourth-order valence-electron chi connectivity index (χ4n) is 14.1. The minimum absolute atomic E-state index is 0.0807. The molecule has 0 aromatic carbocycles. The van der Waals surface area contributed by atoms with Crippen molar-refractivity contribution in [2.75, 3.05) is 158 Å². The molecule has 46 heteroatoms. The van der Waals surface area contributed by atoms with Crippen molar-refractivity contribution in [2.45, 2.75) is 412 Å². The summed E-state index contributed by atoms with van der Waals surface area (Å²) in [7, 11) is -16.7. The monoisotopic (exact) mass is 2190 g/mol.